The van der Waals surface area contributed by atoms with E-state index in [2.05, 4.69) is 20.2 Å². The van der Waals surface area contributed by atoms with Crippen LogP contribution in [0.25, 0.3) is 0 Å². The van der Waals surface area contributed by atoms with Crippen molar-refractivity contribution in [2.45, 2.75) is 20.4 Å². The molecule has 0 fully saturated rings. The molecule has 8 heteroatoms. The van der Waals surface area contributed by atoms with Crippen LogP contribution in [0.2, 0.25) is 0 Å². The normalized spacial score (nSPS) is 10.3. The number of thiazole rings is 1. The fourth-order valence-corrected chi connectivity index (χ4v) is 2.38. The van der Waals surface area contributed by atoms with Gasteiger partial charge in [-0.2, -0.15) is 0 Å². The van der Waals surface area contributed by atoms with E-state index >= 15 is 0 Å². The molecule has 0 unspecified atom stereocenters. The lowest BCUT2D eigenvalue weighted by molar-refractivity contribution is 0.0591. The number of carbonyl (C=O) groups excluding carboxylic acids is 2. The molecule has 0 aliphatic heterocycles. The van der Waals surface area contributed by atoms with Crippen molar-refractivity contribution in [1.29, 1.82) is 0 Å². The minimum atomic E-state index is -0.630. The predicted octanol–water partition coefficient (Wildman–Crippen LogP) is 2.04. The number of esters is 1. The maximum atomic E-state index is 11.5. The molecule has 2 heterocycles. The summed E-state index contributed by atoms with van der Waals surface area (Å²) in [5, 5.41) is 7.19. The van der Waals surface area contributed by atoms with Gasteiger partial charge >= 0.3 is 5.97 Å². The van der Waals surface area contributed by atoms with E-state index in [0.717, 1.165) is 17.0 Å². The number of hydrogen-bond acceptors (Lipinski definition) is 8. The number of anilines is 1. The average Bonchev–Trinajstić information content (AvgIpc) is 3.01. The fourth-order valence-electron chi connectivity index (χ4n) is 1.53. The molecular formula is C12H13N3O4S. The Morgan fingerprint density at radius 1 is 1.50 bits per heavy atom. The minimum Gasteiger partial charge on any atom is -0.464 e. The van der Waals surface area contributed by atoms with Gasteiger partial charge in [-0.1, -0.05) is 16.5 Å². The summed E-state index contributed by atoms with van der Waals surface area (Å²) in [6.07, 6.45) is 0. The van der Waals surface area contributed by atoms with E-state index in [4.69, 9.17) is 4.52 Å². The Bertz CT molecular complexity index is 647. The first kappa shape index (κ1) is 14.2. The topological polar surface area (TPSA) is 94.3 Å². The highest BCUT2D eigenvalue weighted by Gasteiger charge is 2.21. The number of carbonyl (C=O) groups is 2. The highest BCUT2D eigenvalue weighted by Crippen LogP contribution is 2.24. The van der Waals surface area contributed by atoms with Gasteiger partial charge in [-0.25, -0.2) is 9.78 Å². The van der Waals surface area contributed by atoms with Gasteiger partial charge in [0.15, 0.2) is 22.4 Å². The fraction of sp³-hybridized carbons (Fsp3) is 0.333. The molecule has 0 radical (unpaired) electrons. The van der Waals surface area contributed by atoms with E-state index in [0.29, 0.717) is 17.4 Å². The second-order valence-electron chi connectivity index (χ2n) is 4.03. The number of rotatable bonds is 5. The molecule has 20 heavy (non-hydrogen) atoms. The summed E-state index contributed by atoms with van der Waals surface area (Å²) in [6, 6.07) is 1.79. The Balaban J connectivity index is 2.16. The van der Waals surface area contributed by atoms with E-state index < -0.39 is 5.97 Å². The smallest absolute Gasteiger partial charge is 0.358 e. The van der Waals surface area contributed by atoms with E-state index in [-0.39, 0.29) is 16.4 Å². The van der Waals surface area contributed by atoms with Gasteiger partial charge < -0.3 is 14.6 Å². The molecule has 106 valence electrons. The van der Waals surface area contributed by atoms with Gasteiger partial charge in [0.2, 0.25) is 0 Å². The highest BCUT2D eigenvalue weighted by molar-refractivity contribution is 7.17. The summed E-state index contributed by atoms with van der Waals surface area (Å²) >= 11 is 1.10. The first-order valence-corrected chi connectivity index (χ1v) is 6.59. The number of nitrogens with zero attached hydrogens (tertiary/aromatic N) is 2. The largest absolute Gasteiger partial charge is 0.464 e. The molecule has 0 saturated carbocycles. The Hall–Kier alpha value is -2.22. The molecule has 0 bridgehead atoms. The molecule has 0 spiro atoms. The standard InChI is InChI=1S/C12H13N3O4S/c1-6-4-8(19-15-6)5-13-12-14-9(11(17)18-3)10(20-12)7(2)16/h4H,5H2,1-3H3,(H,13,14). The van der Waals surface area contributed by atoms with Gasteiger partial charge in [0.05, 0.1) is 19.3 Å². The van der Waals surface area contributed by atoms with E-state index in [1.54, 1.807) is 6.07 Å². The second-order valence-corrected chi connectivity index (χ2v) is 5.03. The van der Waals surface area contributed by atoms with Crippen LogP contribution in [0.3, 0.4) is 0 Å². The molecule has 2 aromatic rings. The van der Waals surface area contributed by atoms with Gasteiger partial charge in [0.25, 0.3) is 0 Å². The number of methoxy groups -OCH3 is 1. The zero-order chi connectivity index (χ0) is 14.7. The summed E-state index contributed by atoms with van der Waals surface area (Å²) in [4.78, 5) is 27.4. The Morgan fingerprint density at radius 3 is 2.80 bits per heavy atom. The highest BCUT2D eigenvalue weighted by atomic mass is 32.1. The van der Waals surface area contributed by atoms with Gasteiger partial charge in [0.1, 0.15) is 4.88 Å². The quantitative estimate of drug-likeness (QED) is 0.666. The van der Waals surface area contributed by atoms with Crippen LogP contribution in [0.4, 0.5) is 5.13 Å². The molecule has 1 N–H and O–H groups in total. The van der Waals surface area contributed by atoms with Crippen molar-refractivity contribution in [2.75, 3.05) is 12.4 Å². The summed E-state index contributed by atoms with van der Waals surface area (Å²) in [5.74, 6) is -0.219. The Morgan fingerprint density at radius 2 is 2.25 bits per heavy atom. The van der Waals surface area contributed by atoms with Crippen molar-refractivity contribution in [3.63, 3.8) is 0 Å². The summed E-state index contributed by atoms with van der Waals surface area (Å²) < 4.78 is 9.65. The number of ketones is 1. The summed E-state index contributed by atoms with van der Waals surface area (Å²) in [6.45, 7) is 3.56. The zero-order valence-electron chi connectivity index (χ0n) is 11.2. The number of aryl methyl sites for hydroxylation is 1. The van der Waals surface area contributed by atoms with E-state index in [1.807, 2.05) is 6.92 Å². The monoisotopic (exact) mass is 295 g/mol. The van der Waals surface area contributed by atoms with Crippen LogP contribution in [-0.2, 0) is 11.3 Å². The lowest BCUT2D eigenvalue weighted by atomic mass is 10.3. The van der Waals surface area contributed by atoms with Gasteiger partial charge in [-0.3, -0.25) is 4.79 Å². The number of hydrogen-bond donors (Lipinski definition) is 1. The van der Waals surface area contributed by atoms with E-state index in [9.17, 15) is 9.59 Å². The zero-order valence-corrected chi connectivity index (χ0v) is 12.0. The third-order valence-corrected chi connectivity index (χ3v) is 3.53. The van der Waals surface area contributed by atoms with Crippen LogP contribution in [0.1, 0.15) is 38.5 Å². The molecular weight excluding hydrogens is 282 g/mol. The number of Topliss-reactive ketones (excluding diaryl/α,β-unsaturated/α-hetero) is 1. The molecule has 0 saturated heterocycles. The Kier molecular flexibility index (Phi) is 4.14. The van der Waals surface area contributed by atoms with Crippen LogP contribution >= 0.6 is 11.3 Å². The molecule has 2 rings (SSSR count). The van der Waals surface area contributed by atoms with Crippen LogP contribution in [0.15, 0.2) is 10.6 Å². The summed E-state index contributed by atoms with van der Waals surface area (Å²) in [7, 11) is 1.25. The third kappa shape index (κ3) is 3.02. The second kappa shape index (κ2) is 5.83. The van der Waals surface area contributed by atoms with Crippen molar-refractivity contribution < 1.29 is 18.8 Å². The molecule has 7 nitrogen and oxygen atoms in total. The predicted molar refractivity (Wildman–Crippen MR) is 72.0 cm³/mol. The first-order valence-electron chi connectivity index (χ1n) is 5.77. The molecule has 0 atom stereocenters. The maximum absolute atomic E-state index is 11.5. The average molecular weight is 295 g/mol. The Labute approximate surface area is 118 Å². The summed E-state index contributed by atoms with van der Waals surface area (Å²) in [5.41, 5.74) is 0.807. The van der Waals surface area contributed by atoms with Crippen LogP contribution in [0, 0.1) is 6.92 Å². The number of ether oxygens (including phenoxy) is 1. The number of aromatic nitrogens is 2. The van der Waals surface area contributed by atoms with Crippen LogP contribution < -0.4 is 5.32 Å². The molecule has 0 aliphatic rings. The van der Waals surface area contributed by atoms with Crippen LogP contribution in [-0.4, -0.2) is 29.0 Å². The SMILES string of the molecule is COC(=O)c1nc(NCc2cc(C)no2)sc1C(C)=O. The lowest BCUT2D eigenvalue weighted by Crippen LogP contribution is -2.07. The van der Waals surface area contributed by atoms with Crippen molar-refractivity contribution >= 4 is 28.2 Å². The third-order valence-electron chi connectivity index (χ3n) is 2.42. The van der Waals surface area contributed by atoms with E-state index in [1.165, 1.54) is 14.0 Å². The van der Waals surface area contributed by atoms with Crippen molar-refractivity contribution in [1.82, 2.24) is 10.1 Å². The van der Waals surface area contributed by atoms with Crippen LogP contribution in [0.5, 0.6) is 0 Å². The maximum Gasteiger partial charge on any atom is 0.358 e. The molecule has 0 amide bonds. The van der Waals surface area contributed by atoms with Gasteiger partial charge in [-0.15, -0.1) is 0 Å². The van der Waals surface area contributed by atoms with Gasteiger partial charge in [-0.05, 0) is 6.92 Å². The first-order chi connectivity index (χ1) is 9.51. The van der Waals surface area contributed by atoms with Crippen molar-refractivity contribution in [3.8, 4) is 0 Å². The lowest BCUT2D eigenvalue weighted by Gasteiger charge is -1.97. The number of nitrogens with one attached hydrogen (secondary N) is 1. The van der Waals surface area contributed by atoms with Crippen molar-refractivity contribution in [3.05, 3.63) is 28.1 Å². The van der Waals surface area contributed by atoms with Crippen molar-refractivity contribution in [2.24, 2.45) is 0 Å². The molecule has 0 aliphatic carbocycles. The molecule has 2 aromatic heterocycles. The minimum absolute atomic E-state index is 0.0289. The van der Waals surface area contributed by atoms with Gasteiger partial charge in [0, 0.05) is 13.0 Å². The molecule has 0 aromatic carbocycles.